The minimum atomic E-state index is -9.61. The second-order valence-corrected chi connectivity index (χ2v) is 7.32. The summed E-state index contributed by atoms with van der Waals surface area (Å²) in [6, 6.07) is 0. The van der Waals surface area contributed by atoms with Gasteiger partial charge in [-0.1, -0.05) is 0 Å². The Balaban J connectivity index is 7.32. The summed E-state index contributed by atoms with van der Waals surface area (Å²) in [5, 5.41) is 0. The molecule has 0 saturated carbocycles. The van der Waals surface area contributed by atoms with Gasteiger partial charge in [0.2, 0.25) is 0 Å². The van der Waals surface area contributed by atoms with E-state index in [1.54, 1.807) is 0 Å². The number of hydrogen-bond acceptors (Lipinski definition) is 1. The van der Waals surface area contributed by atoms with Gasteiger partial charge in [-0.2, -0.15) is 110 Å². The highest BCUT2D eigenvalue weighted by Crippen LogP contribution is 2.67. The summed E-state index contributed by atoms with van der Waals surface area (Å²) in [4.78, 5) is 9.80. The molecule has 26 heteroatoms. The van der Waals surface area contributed by atoms with Crippen molar-refractivity contribution in [1.29, 1.82) is 0 Å². The summed E-state index contributed by atoms with van der Waals surface area (Å²) in [6.07, 6.45) is -13.1. The molecule has 40 heavy (non-hydrogen) atoms. The van der Waals surface area contributed by atoms with Crippen molar-refractivity contribution in [3.05, 3.63) is 0 Å². The molecule has 0 saturated heterocycles. The number of rotatable bonds is 12. The molecule has 0 amide bonds. The molecule has 0 N–H and O–H groups in total. The molecule has 0 unspecified atom stereocenters. The lowest BCUT2D eigenvalue weighted by Gasteiger charge is -2.45. The van der Waals surface area contributed by atoms with Crippen molar-refractivity contribution in [1.82, 2.24) is 0 Å². The number of alkyl halides is 25. The summed E-state index contributed by atoms with van der Waals surface area (Å²) in [6.45, 7) is 0. The van der Waals surface area contributed by atoms with Crippen LogP contribution in [0.5, 0.6) is 0 Å². The molecule has 0 bridgehead atoms. The van der Waals surface area contributed by atoms with Crippen LogP contribution in [0.15, 0.2) is 0 Å². The van der Waals surface area contributed by atoms with Gasteiger partial charge in [-0.05, 0) is 0 Å². The fraction of sp³-hybridized carbons (Fsp3) is 0.929. The molecule has 0 aliphatic rings. The summed E-state index contributed by atoms with van der Waals surface area (Å²) in [5.41, 5.74) is 0. The van der Waals surface area contributed by atoms with E-state index < -0.39 is 84.0 Å². The normalized spacial score (nSPS) is 16.8. The van der Waals surface area contributed by atoms with E-state index in [0.29, 0.717) is 0 Å². The third kappa shape index (κ3) is 4.30. The van der Waals surface area contributed by atoms with Crippen LogP contribution in [0.25, 0.3) is 0 Å². The highest BCUT2D eigenvalue weighted by atomic mass is 19.4. The number of hydrogen-bond donors (Lipinski definition) is 0. The smallest absolute Gasteiger partial charge is 0.303 e. The van der Waals surface area contributed by atoms with Crippen molar-refractivity contribution >= 4 is 6.29 Å². The van der Waals surface area contributed by atoms with Crippen LogP contribution >= 0.6 is 0 Å². The van der Waals surface area contributed by atoms with Crippen LogP contribution in [0.1, 0.15) is 6.42 Å². The van der Waals surface area contributed by atoms with Gasteiger partial charge in [-0.3, -0.25) is 0 Å². The van der Waals surface area contributed by atoms with Crippen molar-refractivity contribution in [2.45, 2.75) is 77.7 Å². The van der Waals surface area contributed by atoms with Crippen molar-refractivity contribution in [2.24, 2.45) is 0 Å². The second kappa shape index (κ2) is 9.21. The van der Waals surface area contributed by atoms with Gasteiger partial charge in [-0.25, -0.2) is 0 Å². The van der Waals surface area contributed by atoms with E-state index in [-0.39, 0.29) is 0 Å². The summed E-state index contributed by atoms with van der Waals surface area (Å²) in [5.74, 6) is -98.8. The van der Waals surface area contributed by atoms with E-state index in [2.05, 4.69) is 0 Å². The molecule has 0 fully saturated rings. The Kier molecular flexibility index (Phi) is 8.73. The minimum Gasteiger partial charge on any atom is -0.303 e. The third-order valence-electron chi connectivity index (χ3n) is 4.70. The zero-order valence-corrected chi connectivity index (χ0v) is 17.1. The van der Waals surface area contributed by atoms with Gasteiger partial charge in [0.1, 0.15) is 6.29 Å². The Morgan fingerprint density at radius 1 is 0.300 bits per heavy atom. The van der Waals surface area contributed by atoms with Crippen molar-refractivity contribution in [3.8, 4) is 0 Å². The van der Waals surface area contributed by atoms with Gasteiger partial charge in [-0.15, -0.1) is 0 Å². The fourth-order valence-electron chi connectivity index (χ4n) is 2.22. The molecule has 0 aromatic carbocycles. The predicted molar refractivity (Wildman–Crippen MR) is 71.2 cm³/mol. The van der Waals surface area contributed by atoms with Crippen LogP contribution in [-0.2, 0) is 4.79 Å². The van der Waals surface area contributed by atoms with Gasteiger partial charge in [0.25, 0.3) is 0 Å². The number of carbonyl (C=O) groups excluding carboxylic acids is 1. The highest BCUT2D eigenvalue weighted by Gasteiger charge is 2.99. The fourth-order valence-corrected chi connectivity index (χ4v) is 2.22. The maximum Gasteiger partial charge on any atom is 0.460 e. The van der Waals surface area contributed by atoms with Crippen molar-refractivity contribution < 1.29 is 115 Å². The summed E-state index contributed by atoms with van der Waals surface area (Å²) in [7, 11) is 0. The molecule has 0 aliphatic heterocycles. The maximum absolute atomic E-state index is 13.5. The lowest BCUT2D eigenvalue weighted by Crippen LogP contribution is -2.78. The summed E-state index contributed by atoms with van der Waals surface area (Å²) < 4.78 is 328. The number of carbonyl (C=O) groups is 1. The van der Waals surface area contributed by atoms with Crippen LogP contribution in [0.3, 0.4) is 0 Å². The van der Waals surface area contributed by atoms with Crippen LogP contribution in [0.2, 0.25) is 0 Å². The van der Waals surface area contributed by atoms with Crippen LogP contribution in [0, 0.1) is 0 Å². The average molecular weight is 662 g/mol. The van der Waals surface area contributed by atoms with Crippen molar-refractivity contribution in [2.75, 3.05) is 0 Å². The lowest BCUT2D eigenvalue weighted by atomic mass is 9.84. The van der Waals surface area contributed by atoms with Gasteiger partial charge in [0.15, 0.2) is 0 Å². The molecule has 0 atom stereocenters. The Morgan fingerprint density at radius 2 is 0.475 bits per heavy atom. The Hall–Kier alpha value is -2.08. The number of halogens is 25. The molecular weight excluding hydrogens is 659 g/mol. The first kappa shape index (κ1) is 37.9. The highest BCUT2D eigenvalue weighted by molar-refractivity contribution is 5.51. The monoisotopic (exact) mass is 662 g/mol. The molecule has 240 valence electrons. The maximum atomic E-state index is 13.5. The van der Waals surface area contributed by atoms with E-state index in [1.807, 2.05) is 0 Å². The zero-order valence-electron chi connectivity index (χ0n) is 17.1. The Morgan fingerprint density at radius 3 is 0.650 bits per heavy atom. The molecule has 0 aromatic rings. The molecule has 0 heterocycles. The quantitative estimate of drug-likeness (QED) is 0.153. The van der Waals surface area contributed by atoms with E-state index in [0.717, 1.165) is 0 Å². The first-order valence-corrected chi connectivity index (χ1v) is 8.47. The SMILES string of the molecule is O=CCC(F)(F)C(F)(F)C(F)(F)C(F)(F)C(F)(F)C(F)(F)C(F)(F)C(F)(F)C(F)(F)C(F)(F)C(F)(F)C(F)(F)F. The van der Waals surface area contributed by atoms with Gasteiger partial charge >= 0.3 is 71.3 Å². The van der Waals surface area contributed by atoms with Crippen molar-refractivity contribution in [3.63, 3.8) is 0 Å². The lowest BCUT2D eigenvalue weighted by molar-refractivity contribution is -0.482. The van der Waals surface area contributed by atoms with E-state index in [1.165, 1.54) is 0 Å². The Bertz CT molecular complexity index is 938. The molecule has 1 nitrogen and oxygen atoms in total. The molecular formula is C14H3F25O. The molecule has 0 rings (SSSR count). The number of aldehydes is 1. The van der Waals surface area contributed by atoms with E-state index >= 15 is 0 Å². The van der Waals surface area contributed by atoms with Crippen LogP contribution < -0.4 is 0 Å². The van der Waals surface area contributed by atoms with Gasteiger partial charge in [0, 0.05) is 0 Å². The largest absolute Gasteiger partial charge is 0.460 e. The molecule has 0 aromatic heterocycles. The Labute approximate surface area is 200 Å². The van der Waals surface area contributed by atoms with Crippen LogP contribution in [-0.4, -0.2) is 77.6 Å². The molecule has 0 aliphatic carbocycles. The predicted octanol–water partition coefficient (Wildman–Crippen LogP) is 8.13. The summed E-state index contributed by atoms with van der Waals surface area (Å²) >= 11 is 0. The second-order valence-electron chi connectivity index (χ2n) is 7.32. The third-order valence-corrected chi connectivity index (χ3v) is 4.70. The zero-order chi connectivity index (χ0) is 33.4. The molecule has 0 spiro atoms. The molecule has 0 radical (unpaired) electrons. The standard InChI is InChI=1S/C14H3F25O/c15-3(16,1-2-40)4(17,18)5(19,20)6(21,22)7(23,24)8(25,26)9(27,28)10(29,30)11(31,32)12(33,34)13(35,36)14(37,38)39/h2H,1H2. The average Bonchev–Trinajstić information content (AvgIpc) is 2.71. The van der Waals surface area contributed by atoms with E-state index in [9.17, 15) is 115 Å². The van der Waals surface area contributed by atoms with E-state index in [4.69, 9.17) is 0 Å². The van der Waals surface area contributed by atoms with Crippen LogP contribution in [0.4, 0.5) is 110 Å². The minimum absolute atomic E-state index is 1.54. The first-order valence-electron chi connectivity index (χ1n) is 8.47. The van der Waals surface area contributed by atoms with Gasteiger partial charge < -0.3 is 4.79 Å². The topological polar surface area (TPSA) is 17.1 Å². The first-order chi connectivity index (χ1) is 16.8. The van der Waals surface area contributed by atoms with Gasteiger partial charge in [0.05, 0.1) is 6.42 Å².